The second-order valence-corrected chi connectivity index (χ2v) is 7.59. The third-order valence-corrected chi connectivity index (χ3v) is 5.22. The standard InChI is InChI=1S/C20H21BrN6O2/c1-29-20-8-7-18-24-23-17(27(18)25-20)3-2-4-19(28)22-10-12-26-11-9-14-13-15(21)5-6-16(14)26/h5-9,11,13H,2-4,10,12H2,1H3,(H,22,28). The van der Waals surface area contributed by atoms with E-state index in [0.29, 0.717) is 37.3 Å². The minimum Gasteiger partial charge on any atom is -0.480 e. The van der Waals surface area contributed by atoms with E-state index in [-0.39, 0.29) is 5.91 Å². The van der Waals surface area contributed by atoms with Crippen molar-refractivity contribution in [2.75, 3.05) is 13.7 Å². The van der Waals surface area contributed by atoms with Crippen molar-refractivity contribution in [3.05, 3.63) is 52.9 Å². The number of amides is 1. The van der Waals surface area contributed by atoms with Gasteiger partial charge in [-0.3, -0.25) is 4.79 Å². The Labute approximate surface area is 176 Å². The molecule has 1 N–H and O–H groups in total. The summed E-state index contributed by atoms with van der Waals surface area (Å²) in [4.78, 5) is 12.2. The lowest BCUT2D eigenvalue weighted by Crippen LogP contribution is -2.26. The number of benzene rings is 1. The van der Waals surface area contributed by atoms with E-state index in [1.807, 2.05) is 12.3 Å². The van der Waals surface area contributed by atoms with Gasteiger partial charge in [-0.2, -0.15) is 4.52 Å². The van der Waals surface area contributed by atoms with Gasteiger partial charge in [-0.1, -0.05) is 15.9 Å². The Hall–Kier alpha value is -2.94. The van der Waals surface area contributed by atoms with Crippen LogP contribution in [0.25, 0.3) is 16.6 Å². The normalized spacial score (nSPS) is 11.2. The van der Waals surface area contributed by atoms with Crippen LogP contribution in [-0.2, 0) is 17.8 Å². The van der Waals surface area contributed by atoms with Crippen LogP contribution in [0.15, 0.2) is 47.1 Å². The highest BCUT2D eigenvalue weighted by molar-refractivity contribution is 9.10. The average molecular weight is 457 g/mol. The monoisotopic (exact) mass is 456 g/mol. The number of carbonyl (C=O) groups excluding carboxylic acids is 1. The van der Waals surface area contributed by atoms with Crippen LogP contribution in [0.3, 0.4) is 0 Å². The minimum atomic E-state index is 0.0311. The van der Waals surface area contributed by atoms with Crippen LogP contribution in [0.1, 0.15) is 18.7 Å². The molecule has 0 atom stereocenters. The van der Waals surface area contributed by atoms with Gasteiger partial charge in [-0.25, -0.2) is 0 Å². The summed E-state index contributed by atoms with van der Waals surface area (Å²) in [6.07, 6.45) is 3.76. The lowest BCUT2D eigenvalue weighted by Gasteiger charge is -2.08. The Morgan fingerprint density at radius 2 is 2.10 bits per heavy atom. The maximum Gasteiger partial charge on any atom is 0.231 e. The first-order chi connectivity index (χ1) is 14.1. The highest BCUT2D eigenvalue weighted by Gasteiger charge is 2.09. The summed E-state index contributed by atoms with van der Waals surface area (Å²) in [5.74, 6) is 1.25. The minimum absolute atomic E-state index is 0.0311. The summed E-state index contributed by atoms with van der Waals surface area (Å²) < 4.78 is 10.0. The number of carbonyl (C=O) groups is 1. The zero-order chi connectivity index (χ0) is 20.2. The van der Waals surface area contributed by atoms with E-state index in [9.17, 15) is 4.79 Å². The molecule has 9 heteroatoms. The van der Waals surface area contributed by atoms with Gasteiger partial charge in [0.25, 0.3) is 0 Å². The van der Waals surface area contributed by atoms with Crippen LogP contribution in [0.5, 0.6) is 5.88 Å². The quantitative estimate of drug-likeness (QED) is 0.440. The first kappa shape index (κ1) is 19.4. The smallest absolute Gasteiger partial charge is 0.231 e. The first-order valence-corrected chi connectivity index (χ1v) is 10.2. The molecule has 0 aliphatic rings. The van der Waals surface area contributed by atoms with Gasteiger partial charge in [0.2, 0.25) is 11.8 Å². The molecule has 0 bridgehead atoms. The summed E-state index contributed by atoms with van der Waals surface area (Å²) in [5.41, 5.74) is 1.82. The highest BCUT2D eigenvalue weighted by atomic mass is 79.9. The maximum absolute atomic E-state index is 12.2. The topological polar surface area (TPSA) is 86.3 Å². The number of ether oxygens (including phenoxy) is 1. The lowest BCUT2D eigenvalue weighted by molar-refractivity contribution is -0.121. The molecule has 150 valence electrons. The van der Waals surface area contributed by atoms with Crippen molar-refractivity contribution in [3.8, 4) is 5.88 Å². The number of nitrogens with zero attached hydrogens (tertiary/aromatic N) is 5. The Kier molecular flexibility index (Phi) is 5.75. The Morgan fingerprint density at radius 3 is 2.97 bits per heavy atom. The molecule has 1 amide bonds. The molecule has 3 heterocycles. The van der Waals surface area contributed by atoms with Gasteiger partial charge in [0.1, 0.15) is 0 Å². The van der Waals surface area contributed by atoms with Crippen LogP contribution in [0, 0.1) is 0 Å². The van der Waals surface area contributed by atoms with E-state index in [1.165, 1.54) is 5.39 Å². The fraction of sp³-hybridized carbons (Fsp3) is 0.300. The molecule has 0 fully saturated rings. The van der Waals surface area contributed by atoms with Crippen LogP contribution < -0.4 is 10.1 Å². The van der Waals surface area contributed by atoms with E-state index in [2.05, 4.69) is 59.3 Å². The second-order valence-electron chi connectivity index (χ2n) is 6.68. The van der Waals surface area contributed by atoms with Crippen molar-refractivity contribution < 1.29 is 9.53 Å². The van der Waals surface area contributed by atoms with E-state index >= 15 is 0 Å². The van der Waals surface area contributed by atoms with Crippen molar-refractivity contribution in [1.29, 1.82) is 0 Å². The predicted octanol–water partition coefficient (Wildman–Crippen LogP) is 2.99. The van der Waals surface area contributed by atoms with Gasteiger partial charge in [-0.05, 0) is 36.8 Å². The van der Waals surface area contributed by atoms with E-state index in [1.54, 1.807) is 23.8 Å². The summed E-state index contributed by atoms with van der Waals surface area (Å²) in [7, 11) is 1.57. The molecule has 4 aromatic rings. The molecule has 0 aliphatic carbocycles. The van der Waals surface area contributed by atoms with Crippen LogP contribution >= 0.6 is 15.9 Å². The first-order valence-electron chi connectivity index (χ1n) is 9.40. The SMILES string of the molecule is COc1ccc2nnc(CCCC(=O)NCCn3ccc4cc(Br)ccc43)n2n1. The summed E-state index contributed by atoms with van der Waals surface area (Å²) in [5, 5.41) is 16.7. The molecule has 4 rings (SSSR count). The van der Waals surface area contributed by atoms with Crippen molar-refractivity contribution >= 4 is 38.4 Å². The number of hydrogen-bond acceptors (Lipinski definition) is 5. The molecule has 0 unspecified atom stereocenters. The van der Waals surface area contributed by atoms with Crippen molar-refractivity contribution in [2.24, 2.45) is 0 Å². The number of fused-ring (bicyclic) bond motifs is 2. The van der Waals surface area contributed by atoms with Crippen molar-refractivity contribution in [1.82, 2.24) is 29.7 Å². The van der Waals surface area contributed by atoms with Crippen LogP contribution in [0.2, 0.25) is 0 Å². The molecule has 3 aromatic heterocycles. The molecule has 0 spiro atoms. The van der Waals surface area contributed by atoms with Crippen LogP contribution in [-0.4, -0.2) is 43.9 Å². The summed E-state index contributed by atoms with van der Waals surface area (Å²) >= 11 is 3.49. The molecule has 0 saturated heterocycles. The Morgan fingerprint density at radius 1 is 1.21 bits per heavy atom. The number of methoxy groups -OCH3 is 1. The van der Waals surface area contributed by atoms with E-state index in [4.69, 9.17) is 4.74 Å². The third-order valence-electron chi connectivity index (χ3n) is 4.72. The Bertz CT molecular complexity index is 1150. The largest absolute Gasteiger partial charge is 0.480 e. The molecule has 29 heavy (non-hydrogen) atoms. The maximum atomic E-state index is 12.2. The van der Waals surface area contributed by atoms with Gasteiger partial charge in [0, 0.05) is 53.6 Å². The fourth-order valence-corrected chi connectivity index (χ4v) is 3.64. The number of nitrogens with one attached hydrogen (secondary N) is 1. The van der Waals surface area contributed by atoms with Gasteiger partial charge < -0.3 is 14.6 Å². The second kappa shape index (κ2) is 8.60. The van der Waals surface area contributed by atoms with E-state index in [0.717, 1.165) is 22.4 Å². The average Bonchev–Trinajstić information content (AvgIpc) is 3.31. The van der Waals surface area contributed by atoms with Gasteiger partial charge in [-0.15, -0.1) is 15.3 Å². The molecule has 1 aromatic carbocycles. The molecular formula is C20H21BrN6O2. The summed E-state index contributed by atoms with van der Waals surface area (Å²) in [6.45, 7) is 1.32. The number of rotatable bonds is 8. The summed E-state index contributed by atoms with van der Waals surface area (Å²) in [6, 6.07) is 11.8. The molecule has 8 nitrogen and oxygen atoms in total. The number of hydrogen-bond donors (Lipinski definition) is 1. The molecule has 0 radical (unpaired) electrons. The highest BCUT2D eigenvalue weighted by Crippen LogP contribution is 2.20. The van der Waals surface area contributed by atoms with Crippen molar-refractivity contribution in [3.63, 3.8) is 0 Å². The molecule has 0 saturated carbocycles. The van der Waals surface area contributed by atoms with Gasteiger partial charge >= 0.3 is 0 Å². The lowest BCUT2D eigenvalue weighted by atomic mass is 10.2. The van der Waals surface area contributed by atoms with Crippen molar-refractivity contribution in [2.45, 2.75) is 25.8 Å². The third kappa shape index (κ3) is 4.40. The van der Waals surface area contributed by atoms with E-state index < -0.39 is 0 Å². The zero-order valence-electron chi connectivity index (χ0n) is 16.0. The molecule has 0 aliphatic heterocycles. The number of aryl methyl sites for hydroxylation is 1. The zero-order valence-corrected chi connectivity index (χ0v) is 17.6. The van der Waals surface area contributed by atoms with Crippen LogP contribution in [0.4, 0.5) is 0 Å². The number of halogens is 1. The van der Waals surface area contributed by atoms with Gasteiger partial charge in [0.15, 0.2) is 11.5 Å². The number of aromatic nitrogens is 5. The van der Waals surface area contributed by atoms with Gasteiger partial charge in [0.05, 0.1) is 7.11 Å². The molecular weight excluding hydrogens is 436 g/mol. The Balaban J connectivity index is 1.25. The predicted molar refractivity (Wildman–Crippen MR) is 113 cm³/mol. The fourth-order valence-electron chi connectivity index (χ4n) is 3.26.